The summed E-state index contributed by atoms with van der Waals surface area (Å²) >= 11 is 3.25. The normalized spacial score (nSPS) is 10.3. The van der Waals surface area contributed by atoms with Crippen molar-refractivity contribution in [2.24, 2.45) is 0 Å². The zero-order valence-electron chi connectivity index (χ0n) is 12.9. The van der Waals surface area contributed by atoms with Crippen molar-refractivity contribution in [1.82, 2.24) is 10.9 Å². The van der Waals surface area contributed by atoms with Crippen LogP contribution in [0, 0.1) is 0 Å². The zero-order valence-corrected chi connectivity index (χ0v) is 14.5. The molecule has 2 aromatic rings. The summed E-state index contributed by atoms with van der Waals surface area (Å²) in [5.74, 6) is -1.47. The van der Waals surface area contributed by atoms with Gasteiger partial charge in [-0.25, -0.2) is 0 Å². The zero-order chi connectivity index (χ0) is 18.4. The Balaban J connectivity index is 2.05. The van der Waals surface area contributed by atoms with Crippen LogP contribution >= 0.6 is 15.9 Å². The Morgan fingerprint density at radius 2 is 1.52 bits per heavy atom. The smallest absolute Gasteiger partial charge is 0.387 e. The van der Waals surface area contributed by atoms with Crippen LogP contribution in [-0.2, 0) is 0 Å². The van der Waals surface area contributed by atoms with Gasteiger partial charge < -0.3 is 9.47 Å². The van der Waals surface area contributed by atoms with Crippen LogP contribution in [0.2, 0.25) is 0 Å². The Labute approximate surface area is 150 Å². The monoisotopic (exact) mass is 414 g/mol. The topological polar surface area (TPSA) is 76.7 Å². The van der Waals surface area contributed by atoms with Crippen LogP contribution in [0.15, 0.2) is 46.9 Å². The largest absolute Gasteiger partial charge is 0.493 e. The predicted molar refractivity (Wildman–Crippen MR) is 88.7 cm³/mol. The fraction of sp³-hybridized carbons (Fsp3) is 0.125. The minimum atomic E-state index is -3.07. The molecule has 0 unspecified atom stereocenters. The molecule has 6 nitrogen and oxygen atoms in total. The second kappa shape index (κ2) is 8.43. The molecule has 0 aliphatic heterocycles. The van der Waals surface area contributed by atoms with Crippen LogP contribution in [0.3, 0.4) is 0 Å². The average molecular weight is 415 g/mol. The minimum Gasteiger partial charge on any atom is -0.493 e. The number of benzene rings is 2. The number of hydrogen-bond acceptors (Lipinski definition) is 4. The standard InChI is InChI=1S/C16H13BrF2N2O4/c1-24-12-7-4-10(8-13(12)25-16(18)19)15(23)21-20-14(22)9-2-5-11(17)6-3-9/h2-8,16H,1H3,(H,20,22)(H,21,23). The predicted octanol–water partition coefficient (Wildman–Crippen LogP) is 3.13. The number of hydrogen-bond donors (Lipinski definition) is 2. The molecule has 0 aliphatic rings. The number of amides is 2. The Bertz CT molecular complexity index is 769. The number of carbonyl (C=O) groups excluding carboxylic acids is 2. The minimum absolute atomic E-state index is 0.00700. The third kappa shape index (κ3) is 5.15. The number of rotatable bonds is 5. The molecule has 0 saturated carbocycles. The van der Waals surface area contributed by atoms with E-state index in [4.69, 9.17) is 4.74 Å². The van der Waals surface area contributed by atoms with Crippen molar-refractivity contribution < 1.29 is 27.8 Å². The van der Waals surface area contributed by atoms with Gasteiger partial charge in [-0.3, -0.25) is 20.4 Å². The molecule has 2 rings (SSSR count). The van der Waals surface area contributed by atoms with E-state index >= 15 is 0 Å². The molecule has 132 valence electrons. The molecule has 0 fully saturated rings. The first-order valence-corrected chi connectivity index (χ1v) is 7.69. The lowest BCUT2D eigenvalue weighted by molar-refractivity contribution is -0.0512. The van der Waals surface area contributed by atoms with Crippen LogP contribution in [-0.4, -0.2) is 25.5 Å². The highest BCUT2D eigenvalue weighted by molar-refractivity contribution is 9.10. The summed E-state index contributed by atoms with van der Waals surface area (Å²) in [5.41, 5.74) is 4.77. The Hall–Kier alpha value is -2.68. The van der Waals surface area contributed by atoms with E-state index in [0.717, 1.165) is 10.5 Å². The first-order valence-electron chi connectivity index (χ1n) is 6.90. The molecule has 0 saturated heterocycles. The van der Waals surface area contributed by atoms with Gasteiger partial charge in [-0.1, -0.05) is 15.9 Å². The SMILES string of the molecule is COc1ccc(C(=O)NNC(=O)c2ccc(Br)cc2)cc1OC(F)F. The summed E-state index contributed by atoms with van der Waals surface area (Å²) in [4.78, 5) is 24.0. The summed E-state index contributed by atoms with van der Waals surface area (Å²) < 4.78 is 34.8. The first-order chi connectivity index (χ1) is 11.9. The molecule has 2 amide bonds. The van der Waals surface area contributed by atoms with Crippen molar-refractivity contribution in [1.29, 1.82) is 0 Å². The summed E-state index contributed by atoms with van der Waals surface area (Å²) in [6, 6.07) is 10.2. The summed E-state index contributed by atoms with van der Waals surface area (Å²) in [7, 11) is 1.28. The van der Waals surface area contributed by atoms with E-state index < -0.39 is 18.4 Å². The van der Waals surface area contributed by atoms with Gasteiger partial charge in [0.05, 0.1) is 7.11 Å². The molecular weight excluding hydrogens is 402 g/mol. The van der Waals surface area contributed by atoms with Crippen LogP contribution in [0.4, 0.5) is 8.78 Å². The molecule has 0 spiro atoms. The third-order valence-electron chi connectivity index (χ3n) is 3.04. The van der Waals surface area contributed by atoms with Crippen molar-refractivity contribution in [3.05, 3.63) is 58.1 Å². The number of halogens is 3. The van der Waals surface area contributed by atoms with Gasteiger partial charge in [-0.15, -0.1) is 0 Å². The van der Waals surface area contributed by atoms with E-state index in [9.17, 15) is 18.4 Å². The van der Waals surface area contributed by atoms with Gasteiger partial charge in [0.15, 0.2) is 11.5 Å². The van der Waals surface area contributed by atoms with Gasteiger partial charge in [-0.2, -0.15) is 8.78 Å². The fourth-order valence-electron chi connectivity index (χ4n) is 1.87. The molecule has 0 bridgehead atoms. The van der Waals surface area contributed by atoms with Crippen molar-refractivity contribution in [3.63, 3.8) is 0 Å². The van der Waals surface area contributed by atoms with Gasteiger partial charge in [-0.05, 0) is 42.5 Å². The third-order valence-corrected chi connectivity index (χ3v) is 3.57. The van der Waals surface area contributed by atoms with Gasteiger partial charge >= 0.3 is 6.61 Å². The van der Waals surface area contributed by atoms with E-state index in [1.807, 2.05) is 0 Å². The Morgan fingerprint density at radius 3 is 2.08 bits per heavy atom. The van der Waals surface area contributed by atoms with E-state index in [1.54, 1.807) is 24.3 Å². The number of methoxy groups -OCH3 is 1. The van der Waals surface area contributed by atoms with Gasteiger partial charge in [0.2, 0.25) is 0 Å². The molecule has 25 heavy (non-hydrogen) atoms. The lowest BCUT2D eigenvalue weighted by Gasteiger charge is -2.12. The van der Waals surface area contributed by atoms with Crippen LogP contribution in [0.5, 0.6) is 11.5 Å². The molecule has 0 aromatic heterocycles. The van der Waals surface area contributed by atoms with Crippen molar-refractivity contribution >= 4 is 27.7 Å². The maximum absolute atomic E-state index is 12.4. The highest BCUT2D eigenvalue weighted by Gasteiger charge is 2.15. The molecular formula is C16H13BrF2N2O4. The van der Waals surface area contributed by atoms with Crippen LogP contribution in [0.25, 0.3) is 0 Å². The molecule has 0 atom stereocenters. The number of alkyl halides is 2. The second-order valence-corrected chi connectivity index (χ2v) is 5.57. The van der Waals surface area contributed by atoms with E-state index in [2.05, 4.69) is 31.5 Å². The highest BCUT2D eigenvalue weighted by atomic mass is 79.9. The number of hydrazine groups is 1. The quantitative estimate of drug-likeness (QED) is 0.736. The van der Waals surface area contributed by atoms with Crippen LogP contribution < -0.4 is 20.3 Å². The number of nitrogens with one attached hydrogen (secondary N) is 2. The van der Waals surface area contributed by atoms with Crippen molar-refractivity contribution in [2.75, 3.05) is 7.11 Å². The molecule has 9 heteroatoms. The maximum atomic E-state index is 12.4. The van der Waals surface area contributed by atoms with E-state index in [-0.39, 0.29) is 17.1 Å². The van der Waals surface area contributed by atoms with Crippen molar-refractivity contribution in [2.45, 2.75) is 6.61 Å². The highest BCUT2D eigenvalue weighted by Crippen LogP contribution is 2.29. The number of ether oxygens (including phenoxy) is 2. The first kappa shape index (κ1) is 18.7. The lowest BCUT2D eigenvalue weighted by Crippen LogP contribution is -2.41. The summed E-state index contributed by atoms with van der Waals surface area (Å²) in [5, 5.41) is 0. The lowest BCUT2D eigenvalue weighted by atomic mass is 10.2. The van der Waals surface area contributed by atoms with E-state index in [1.165, 1.54) is 19.2 Å². The second-order valence-electron chi connectivity index (χ2n) is 4.66. The molecule has 0 radical (unpaired) electrons. The summed E-state index contributed by atoms with van der Waals surface area (Å²) in [6.07, 6.45) is 0. The Morgan fingerprint density at radius 1 is 0.960 bits per heavy atom. The van der Waals surface area contributed by atoms with E-state index in [0.29, 0.717) is 5.56 Å². The Kier molecular flexibility index (Phi) is 6.29. The number of carbonyl (C=O) groups is 2. The summed E-state index contributed by atoms with van der Waals surface area (Å²) in [6.45, 7) is -3.07. The van der Waals surface area contributed by atoms with Gasteiger partial charge in [0.25, 0.3) is 11.8 Å². The van der Waals surface area contributed by atoms with Gasteiger partial charge in [0, 0.05) is 15.6 Å². The molecule has 0 heterocycles. The van der Waals surface area contributed by atoms with Crippen molar-refractivity contribution in [3.8, 4) is 11.5 Å². The molecule has 2 aromatic carbocycles. The molecule has 0 aliphatic carbocycles. The maximum Gasteiger partial charge on any atom is 0.387 e. The van der Waals surface area contributed by atoms with Gasteiger partial charge in [0.1, 0.15) is 0 Å². The molecule has 2 N–H and O–H groups in total. The fourth-order valence-corrected chi connectivity index (χ4v) is 2.13. The average Bonchev–Trinajstić information content (AvgIpc) is 2.59. The van der Waals surface area contributed by atoms with Crippen LogP contribution in [0.1, 0.15) is 20.7 Å².